The molecule has 2 aromatic rings. The zero-order chi connectivity index (χ0) is 13.1. The largest absolute Gasteiger partial charge is 0.382 e. The van der Waals surface area contributed by atoms with Gasteiger partial charge in [0.1, 0.15) is 17.4 Å². The molecule has 2 rings (SSSR count). The summed E-state index contributed by atoms with van der Waals surface area (Å²) >= 11 is 1.58. The van der Waals surface area contributed by atoms with Crippen LogP contribution in [0, 0.1) is 6.92 Å². The fourth-order valence-corrected chi connectivity index (χ4v) is 2.31. The van der Waals surface area contributed by atoms with Gasteiger partial charge in [-0.15, -0.1) is 11.3 Å². The molecule has 1 atom stereocenters. The van der Waals surface area contributed by atoms with Crippen molar-refractivity contribution in [2.45, 2.75) is 26.4 Å². The number of nitrogens with one attached hydrogen (secondary N) is 1. The van der Waals surface area contributed by atoms with E-state index in [0.29, 0.717) is 5.82 Å². The topological polar surface area (TPSA) is 85.8 Å². The number of anilines is 1. The van der Waals surface area contributed by atoms with Gasteiger partial charge in [-0.2, -0.15) is 5.10 Å². The molecule has 0 radical (unpaired) electrons. The Hall–Kier alpha value is -1.89. The molecule has 7 heteroatoms. The lowest BCUT2D eigenvalue weighted by Gasteiger charge is -2.11. The number of amides is 1. The molecule has 0 bridgehead atoms. The van der Waals surface area contributed by atoms with Gasteiger partial charge in [-0.05, 0) is 19.9 Å². The molecule has 3 N–H and O–H groups in total. The Balaban J connectivity index is 1.91. The van der Waals surface area contributed by atoms with Crippen LogP contribution in [0.25, 0.3) is 0 Å². The van der Waals surface area contributed by atoms with Gasteiger partial charge in [0.05, 0.1) is 6.04 Å². The molecule has 0 aliphatic heterocycles. The van der Waals surface area contributed by atoms with Crippen molar-refractivity contribution in [3.8, 4) is 0 Å². The highest BCUT2D eigenvalue weighted by molar-refractivity contribution is 7.11. The van der Waals surface area contributed by atoms with Crippen molar-refractivity contribution in [2.24, 2.45) is 0 Å². The predicted octanol–water partition coefficient (Wildman–Crippen LogP) is 1.11. The number of thiazole rings is 1. The van der Waals surface area contributed by atoms with E-state index >= 15 is 0 Å². The molecule has 2 aromatic heterocycles. The van der Waals surface area contributed by atoms with E-state index < -0.39 is 0 Å². The number of hydrogen-bond acceptors (Lipinski definition) is 5. The number of carbonyl (C=O) groups excluding carboxylic acids is 1. The maximum Gasteiger partial charge on any atom is 0.242 e. The third-order valence-corrected chi connectivity index (χ3v) is 3.45. The molecule has 2 heterocycles. The molecular formula is C11H15N5OS. The summed E-state index contributed by atoms with van der Waals surface area (Å²) < 4.78 is 1.50. The highest BCUT2D eigenvalue weighted by Crippen LogP contribution is 2.18. The molecule has 18 heavy (non-hydrogen) atoms. The summed E-state index contributed by atoms with van der Waals surface area (Å²) in [6.45, 7) is 4.06. The Morgan fingerprint density at radius 3 is 3.00 bits per heavy atom. The summed E-state index contributed by atoms with van der Waals surface area (Å²) in [6.07, 6.45) is 3.48. The minimum absolute atomic E-state index is 0.0934. The minimum atomic E-state index is -0.113. The zero-order valence-corrected chi connectivity index (χ0v) is 11.1. The molecule has 0 aliphatic carbocycles. The number of aryl methyl sites for hydroxylation is 1. The molecule has 0 fully saturated rings. The summed E-state index contributed by atoms with van der Waals surface area (Å²) in [4.78, 5) is 17.1. The predicted molar refractivity (Wildman–Crippen MR) is 70.0 cm³/mol. The Bertz CT molecular complexity index is 547. The van der Waals surface area contributed by atoms with Gasteiger partial charge in [-0.25, -0.2) is 4.98 Å². The lowest BCUT2D eigenvalue weighted by atomic mass is 10.3. The first-order valence-electron chi connectivity index (χ1n) is 5.55. The van der Waals surface area contributed by atoms with E-state index in [0.717, 1.165) is 9.88 Å². The van der Waals surface area contributed by atoms with Gasteiger partial charge in [0.15, 0.2) is 0 Å². The molecule has 0 aliphatic rings. The lowest BCUT2D eigenvalue weighted by Crippen LogP contribution is -2.30. The van der Waals surface area contributed by atoms with Gasteiger partial charge in [0, 0.05) is 17.3 Å². The molecule has 1 amide bonds. The minimum Gasteiger partial charge on any atom is -0.382 e. The van der Waals surface area contributed by atoms with Gasteiger partial charge in [0.2, 0.25) is 5.91 Å². The fourth-order valence-electron chi connectivity index (χ4n) is 1.53. The number of carbonyl (C=O) groups is 1. The number of nitrogens with two attached hydrogens (primary N) is 1. The van der Waals surface area contributed by atoms with Crippen LogP contribution in [0.15, 0.2) is 18.5 Å². The second-order valence-electron chi connectivity index (χ2n) is 4.04. The van der Waals surface area contributed by atoms with Crippen molar-refractivity contribution in [1.29, 1.82) is 0 Å². The summed E-state index contributed by atoms with van der Waals surface area (Å²) in [5.41, 5.74) is 5.48. The number of nitrogen functional groups attached to an aromatic ring is 1. The second kappa shape index (κ2) is 5.18. The van der Waals surface area contributed by atoms with Crippen LogP contribution in [-0.4, -0.2) is 20.7 Å². The Morgan fingerprint density at radius 1 is 1.67 bits per heavy atom. The van der Waals surface area contributed by atoms with Crippen molar-refractivity contribution in [2.75, 3.05) is 5.73 Å². The molecule has 0 spiro atoms. The average Bonchev–Trinajstić information content (AvgIpc) is 2.87. The van der Waals surface area contributed by atoms with Gasteiger partial charge in [0.25, 0.3) is 0 Å². The molecule has 0 saturated heterocycles. The third kappa shape index (κ3) is 3.07. The molecule has 0 saturated carbocycles. The van der Waals surface area contributed by atoms with Crippen LogP contribution in [0.5, 0.6) is 0 Å². The van der Waals surface area contributed by atoms with Gasteiger partial charge in [-0.1, -0.05) is 0 Å². The van der Waals surface area contributed by atoms with Crippen molar-refractivity contribution in [3.05, 3.63) is 28.3 Å². The van der Waals surface area contributed by atoms with Crippen LogP contribution in [-0.2, 0) is 11.3 Å². The van der Waals surface area contributed by atoms with E-state index in [1.54, 1.807) is 29.8 Å². The molecule has 96 valence electrons. The standard InChI is InChI=1S/C11H15N5OS/c1-7-5-13-11(18-7)8(2)14-10(17)6-16-4-3-9(12)15-16/h3-5,8H,6H2,1-2H3,(H2,12,15)(H,14,17). The van der Waals surface area contributed by atoms with E-state index in [1.807, 2.05) is 13.8 Å². The van der Waals surface area contributed by atoms with Crippen molar-refractivity contribution < 1.29 is 4.79 Å². The number of hydrogen-bond donors (Lipinski definition) is 2. The number of aromatic nitrogens is 3. The Morgan fingerprint density at radius 2 is 2.44 bits per heavy atom. The van der Waals surface area contributed by atoms with E-state index in [-0.39, 0.29) is 18.5 Å². The average molecular weight is 265 g/mol. The quantitative estimate of drug-likeness (QED) is 0.867. The summed E-state index contributed by atoms with van der Waals surface area (Å²) in [5, 5.41) is 7.73. The smallest absolute Gasteiger partial charge is 0.242 e. The Kier molecular flexibility index (Phi) is 3.61. The number of nitrogens with zero attached hydrogens (tertiary/aromatic N) is 3. The van der Waals surface area contributed by atoms with E-state index in [2.05, 4.69) is 15.4 Å². The van der Waals surface area contributed by atoms with Crippen molar-refractivity contribution in [1.82, 2.24) is 20.1 Å². The van der Waals surface area contributed by atoms with E-state index in [4.69, 9.17) is 5.73 Å². The summed E-state index contributed by atoms with van der Waals surface area (Å²) in [7, 11) is 0. The second-order valence-corrected chi connectivity index (χ2v) is 5.30. The molecule has 6 nitrogen and oxygen atoms in total. The highest BCUT2D eigenvalue weighted by atomic mass is 32.1. The normalized spacial score (nSPS) is 12.3. The van der Waals surface area contributed by atoms with Gasteiger partial charge >= 0.3 is 0 Å². The van der Waals surface area contributed by atoms with Crippen LogP contribution in [0.3, 0.4) is 0 Å². The summed E-state index contributed by atoms with van der Waals surface area (Å²) in [6, 6.07) is 1.56. The van der Waals surface area contributed by atoms with E-state index in [1.165, 1.54) is 4.68 Å². The molecule has 1 unspecified atom stereocenters. The fraction of sp³-hybridized carbons (Fsp3) is 0.364. The van der Waals surface area contributed by atoms with E-state index in [9.17, 15) is 4.79 Å². The number of rotatable bonds is 4. The maximum atomic E-state index is 11.8. The van der Waals surface area contributed by atoms with Crippen LogP contribution >= 0.6 is 11.3 Å². The maximum absolute atomic E-state index is 11.8. The van der Waals surface area contributed by atoms with Gasteiger partial charge < -0.3 is 11.1 Å². The first kappa shape index (κ1) is 12.6. The van der Waals surface area contributed by atoms with Crippen molar-refractivity contribution >= 4 is 23.1 Å². The first-order valence-corrected chi connectivity index (χ1v) is 6.37. The third-order valence-electron chi connectivity index (χ3n) is 2.35. The van der Waals surface area contributed by atoms with Gasteiger partial charge in [-0.3, -0.25) is 9.48 Å². The monoisotopic (exact) mass is 265 g/mol. The Labute approximate surface area is 109 Å². The van der Waals surface area contributed by atoms with Crippen LogP contribution in [0.1, 0.15) is 22.9 Å². The lowest BCUT2D eigenvalue weighted by molar-refractivity contribution is -0.122. The first-order chi connectivity index (χ1) is 8.54. The van der Waals surface area contributed by atoms with Crippen LogP contribution in [0.2, 0.25) is 0 Å². The molecular weight excluding hydrogens is 250 g/mol. The van der Waals surface area contributed by atoms with Crippen LogP contribution in [0.4, 0.5) is 5.82 Å². The van der Waals surface area contributed by atoms with Crippen molar-refractivity contribution in [3.63, 3.8) is 0 Å². The SMILES string of the molecule is Cc1cnc(C(C)NC(=O)Cn2ccc(N)n2)s1. The zero-order valence-electron chi connectivity index (χ0n) is 10.3. The highest BCUT2D eigenvalue weighted by Gasteiger charge is 2.13. The van der Waals surface area contributed by atoms with Crippen LogP contribution < -0.4 is 11.1 Å². The molecule has 0 aromatic carbocycles. The summed E-state index contributed by atoms with van der Waals surface area (Å²) in [5.74, 6) is 0.296.